The summed E-state index contributed by atoms with van der Waals surface area (Å²) in [6.07, 6.45) is 2.41. The summed E-state index contributed by atoms with van der Waals surface area (Å²) in [6, 6.07) is 0.0721. The van der Waals surface area contributed by atoms with Crippen LogP contribution in [0.15, 0.2) is 0 Å². The first kappa shape index (κ1) is 14.8. The maximum Gasteiger partial charge on any atom is 0.315 e. The van der Waals surface area contributed by atoms with Crippen LogP contribution < -0.4 is 10.6 Å². The zero-order valence-corrected chi connectivity index (χ0v) is 11.1. The minimum Gasteiger partial charge on any atom is -0.481 e. The molecule has 18 heavy (non-hydrogen) atoms. The van der Waals surface area contributed by atoms with Crippen LogP contribution in [0, 0.1) is 0 Å². The van der Waals surface area contributed by atoms with E-state index in [1.54, 1.807) is 0 Å². The molecule has 3 N–H and O–H groups in total. The molecule has 0 spiro atoms. The summed E-state index contributed by atoms with van der Waals surface area (Å²) >= 11 is 0. The van der Waals surface area contributed by atoms with Crippen LogP contribution in [-0.2, 0) is 4.79 Å². The van der Waals surface area contributed by atoms with Crippen molar-refractivity contribution in [3.8, 4) is 0 Å². The SMILES string of the molecule is CC(CCCC(=O)O)NC(=O)NC1CCN(C)C1. The van der Waals surface area contributed by atoms with Crippen molar-refractivity contribution in [3.05, 3.63) is 0 Å². The second-order valence-electron chi connectivity index (χ2n) is 5.05. The molecule has 1 aliphatic heterocycles. The molecule has 2 atom stereocenters. The maximum atomic E-state index is 11.7. The molecule has 6 heteroatoms. The van der Waals surface area contributed by atoms with Gasteiger partial charge in [0.25, 0.3) is 0 Å². The molecule has 1 heterocycles. The van der Waals surface area contributed by atoms with Gasteiger partial charge in [0.15, 0.2) is 0 Å². The number of likely N-dealkylation sites (N-methyl/N-ethyl adjacent to an activating group) is 1. The second kappa shape index (κ2) is 7.20. The lowest BCUT2D eigenvalue weighted by Crippen LogP contribution is -2.46. The van der Waals surface area contributed by atoms with E-state index in [0.29, 0.717) is 12.8 Å². The first-order valence-electron chi connectivity index (χ1n) is 6.44. The Kier molecular flexibility index (Phi) is 5.91. The highest BCUT2D eigenvalue weighted by Gasteiger charge is 2.21. The summed E-state index contributed by atoms with van der Waals surface area (Å²) in [5, 5.41) is 14.3. The lowest BCUT2D eigenvalue weighted by molar-refractivity contribution is -0.137. The molecule has 0 aromatic rings. The van der Waals surface area contributed by atoms with Crippen molar-refractivity contribution in [2.75, 3.05) is 20.1 Å². The van der Waals surface area contributed by atoms with Crippen LogP contribution >= 0.6 is 0 Å². The standard InChI is InChI=1S/C12H23N3O3/c1-9(4-3-5-11(16)17)13-12(18)14-10-6-7-15(2)8-10/h9-10H,3-8H2,1-2H3,(H,16,17)(H2,13,14,18). The van der Waals surface area contributed by atoms with Gasteiger partial charge in [0.2, 0.25) is 0 Å². The predicted octanol–water partition coefficient (Wildman–Crippen LogP) is 0.633. The van der Waals surface area contributed by atoms with Crippen molar-refractivity contribution in [2.45, 2.75) is 44.7 Å². The van der Waals surface area contributed by atoms with Gasteiger partial charge in [-0.2, -0.15) is 0 Å². The van der Waals surface area contributed by atoms with Crippen LogP contribution in [0.4, 0.5) is 4.79 Å². The molecular formula is C12H23N3O3. The Morgan fingerprint density at radius 1 is 1.50 bits per heavy atom. The predicted molar refractivity (Wildman–Crippen MR) is 68.5 cm³/mol. The fraction of sp³-hybridized carbons (Fsp3) is 0.833. The Labute approximate surface area is 108 Å². The molecule has 0 saturated carbocycles. The van der Waals surface area contributed by atoms with E-state index in [4.69, 9.17) is 5.11 Å². The van der Waals surface area contributed by atoms with Crippen LogP contribution in [0.5, 0.6) is 0 Å². The van der Waals surface area contributed by atoms with Crippen molar-refractivity contribution >= 4 is 12.0 Å². The van der Waals surface area contributed by atoms with E-state index in [2.05, 4.69) is 15.5 Å². The number of likely N-dealkylation sites (tertiary alicyclic amines) is 1. The highest BCUT2D eigenvalue weighted by molar-refractivity contribution is 5.74. The summed E-state index contributed by atoms with van der Waals surface area (Å²) < 4.78 is 0. The Morgan fingerprint density at radius 2 is 2.22 bits per heavy atom. The van der Waals surface area contributed by atoms with Gasteiger partial charge < -0.3 is 20.6 Å². The molecule has 0 radical (unpaired) electrons. The summed E-state index contributed by atoms with van der Waals surface area (Å²) in [5.41, 5.74) is 0. The van der Waals surface area contributed by atoms with E-state index in [1.165, 1.54) is 0 Å². The number of nitrogens with one attached hydrogen (secondary N) is 2. The van der Waals surface area contributed by atoms with Crippen molar-refractivity contribution in [3.63, 3.8) is 0 Å². The number of carbonyl (C=O) groups excluding carboxylic acids is 1. The maximum absolute atomic E-state index is 11.7. The van der Waals surface area contributed by atoms with Crippen LogP contribution in [0.2, 0.25) is 0 Å². The fourth-order valence-corrected chi connectivity index (χ4v) is 2.14. The van der Waals surface area contributed by atoms with Gasteiger partial charge in [-0.05, 0) is 39.8 Å². The van der Waals surface area contributed by atoms with E-state index in [9.17, 15) is 9.59 Å². The number of carboxylic acids is 1. The van der Waals surface area contributed by atoms with Crippen molar-refractivity contribution < 1.29 is 14.7 Å². The van der Waals surface area contributed by atoms with E-state index in [1.807, 2.05) is 14.0 Å². The van der Waals surface area contributed by atoms with Gasteiger partial charge >= 0.3 is 12.0 Å². The third kappa shape index (κ3) is 5.86. The molecule has 1 fully saturated rings. The van der Waals surface area contributed by atoms with Gasteiger partial charge in [-0.15, -0.1) is 0 Å². The number of rotatable bonds is 6. The van der Waals surface area contributed by atoms with Gasteiger partial charge in [-0.3, -0.25) is 4.79 Å². The van der Waals surface area contributed by atoms with Gasteiger partial charge in [0, 0.05) is 25.0 Å². The highest BCUT2D eigenvalue weighted by atomic mass is 16.4. The number of aliphatic carboxylic acids is 1. The summed E-state index contributed by atoms with van der Waals surface area (Å²) in [6.45, 7) is 3.79. The second-order valence-corrected chi connectivity index (χ2v) is 5.05. The lowest BCUT2D eigenvalue weighted by Gasteiger charge is -2.17. The van der Waals surface area contributed by atoms with E-state index in [0.717, 1.165) is 19.5 Å². The molecule has 0 bridgehead atoms. The molecule has 1 aliphatic rings. The van der Waals surface area contributed by atoms with Crippen molar-refractivity contribution in [2.24, 2.45) is 0 Å². The Hall–Kier alpha value is -1.30. The quantitative estimate of drug-likeness (QED) is 0.652. The molecular weight excluding hydrogens is 234 g/mol. The van der Waals surface area contributed by atoms with Gasteiger partial charge in [-0.1, -0.05) is 0 Å². The van der Waals surface area contributed by atoms with Crippen LogP contribution in [-0.4, -0.2) is 54.2 Å². The minimum atomic E-state index is -0.791. The van der Waals surface area contributed by atoms with Crippen LogP contribution in [0.25, 0.3) is 0 Å². The lowest BCUT2D eigenvalue weighted by atomic mass is 10.1. The number of hydrogen-bond acceptors (Lipinski definition) is 3. The van der Waals surface area contributed by atoms with E-state index in [-0.39, 0.29) is 24.5 Å². The molecule has 1 saturated heterocycles. The fourth-order valence-electron chi connectivity index (χ4n) is 2.14. The van der Waals surface area contributed by atoms with Crippen LogP contribution in [0.3, 0.4) is 0 Å². The van der Waals surface area contributed by atoms with Crippen molar-refractivity contribution in [1.29, 1.82) is 0 Å². The zero-order valence-electron chi connectivity index (χ0n) is 11.1. The third-order valence-corrected chi connectivity index (χ3v) is 3.13. The van der Waals surface area contributed by atoms with Crippen molar-refractivity contribution in [1.82, 2.24) is 15.5 Å². The number of urea groups is 1. The number of carbonyl (C=O) groups is 2. The Balaban J connectivity index is 2.13. The van der Waals surface area contributed by atoms with E-state index < -0.39 is 5.97 Å². The molecule has 1 rings (SSSR count). The largest absolute Gasteiger partial charge is 0.481 e. The first-order valence-corrected chi connectivity index (χ1v) is 6.44. The molecule has 0 aliphatic carbocycles. The molecule has 2 amide bonds. The summed E-state index contributed by atoms with van der Waals surface area (Å²) in [4.78, 5) is 24.2. The minimum absolute atomic E-state index is 0.00322. The first-order chi connectivity index (χ1) is 8.47. The topological polar surface area (TPSA) is 81.7 Å². The molecule has 6 nitrogen and oxygen atoms in total. The van der Waals surface area contributed by atoms with Crippen LogP contribution in [0.1, 0.15) is 32.6 Å². The van der Waals surface area contributed by atoms with Gasteiger partial charge in [-0.25, -0.2) is 4.79 Å². The van der Waals surface area contributed by atoms with E-state index >= 15 is 0 Å². The summed E-state index contributed by atoms with van der Waals surface area (Å²) in [5.74, 6) is -0.791. The Morgan fingerprint density at radius 3 is 2.78 bits per heavy atom. The molecule has 2 unspecified atom stereocenters. The third-order valence-electron chi connectivity index (χ3n) is 3.13. The highest BCUT2D eigenvalue weighted by Crippen LogP contribution is 2.06. The normalized spacial score (nSPS) is 21.6. The number of hydrogen-bond donors (Lipinski definition) is 3. The zero-order chi connectivity index (χ0) is 13.5. The molecule has 0 aromatic heterocycles. The average Bonchev–Trinajstić information content (AvgIpc) is 2.62. The summed E-state index contributed by atoms with van der Waals surface area (Å²) in [7, 11) is 2.04. The van der Waals surface area contributed by atoms with Gasteiger partial charge in [0.1, 0.15) is 0 Å². The van der Waals surface area contributed by atoms with Gasteiger partial charge in [0.05, 0.1) is 0 Å². The smallest absolute Gasteiger partial charge is 0.315 e. The number of amides is 2. The monoisotopic (exact) mass is 257 g/mol. The Bertz CT molecular complexity index is 296. The molecule has 104 valence electrons. The average molecular weight is 257 g/mol. The number of nitrogens with zero attached hydrogens (tertiary/aromatic N) is 1. The number of carboxylic acid groups (broad SMARTS) is 1. The molecule has 0 aromatic carbocycles.